The summed E-state index contributed by atoms with van der Waals surface area (Å²) in [4.78, 5) is 27.4. The maximum Gasteiger partial charge on any atom is 0.225 e. The summed E-state index contributed by atoms with van der Waals surface area (Å²) < 4.78 is 16.2. The minimum absolute atomic E-state index is 0.155. The van der Waals surface area contributed by atoms with Crippen LogP contribution in [0.3, 0.4) is 0 Å². The van der Waals surface area contributed by atoms with Gasteiger partial charge in [-0.15, -0.1) is 0 Å². The molecule has 1 aromatic carbocycles. The third-order valence-electron chi connectivity index (χ3n) is 8.60. The lowest BCUT2D eigenvalue weighted by Gasteiger charge is -2.39. The van der Waals surface area contributed by atoms with Gasteiger partial charge in [-0.05, 0) is 94.9 Å². The van der Waals surface area contributed by atoms with Gasteiger partial charge in [0.1, 0.15) is 11.5 Å². The number of likely N-dealkylation sites (tertiary alicyclic amines) is 2. The summed E-state index contributed by atoms with van der Waals surface area (Å²) >= 11 is 0. The molecule has 0 saturated carbocycles. The average molecular weight is 505 g/mol. The number of pyridine rings is 1. The molecule has 0 atom stereocenters. The number of carbonyl (C=O) groups is 1. The highest BCUT2D eigenvalue weighted by Crippen LogP contribution is 2.34. The molecule has 1 amide bonds. The molecule has 7 nitrogen and oxygen atoms in total. The highest BCUT2D eigenvalue weighted by atomic mass is 19.1. The van der Waals surface area contributed by atoms with Crippen LogP contribution in [-0.4, -0.2) is 76.1 Å². The highest BCUT2D eigenvalue weighted by molar-refractivity contribution is 5.81. The van der Waals surface area contributed by atoms with E-state index in [0.717, 1.165) is 87.9 Å². The molecule has 5 heterocycles. The molecular formula is C29H37FN6O. The number of carbonyl (C=O) groups excluding carboxylic acids is 1. The first-order valence-electron chi connectivity index (χ1n) is 14.0. The van der Waals surface area contributed by atoms with Crippen molar-refractivity contribution in [1.29, 1.82) is 0 Å². The number of hydrogen-bond donors (Lipinski definition) is 1. The second-order valence-corrected chi connectivity index (χ2v) is 11.0. The zero-order valence-corrected chi connectivity index (χ0v) is 21.5. The molecule has 3 aromatic rings. The molecule has 3 aliphatic rings. The number of benzene rings is 1. The Balaban J connectivity index is 1.10. The molecule has 37 heavy (non-hydrogen) atoms. The zero-order chi connectivity index (χ0) is 25.2. The molecule has 8 heteroatoms. The third-order valence-corrected chi connectivity index (χ3v) is 8.60. The van der Waals surface area contributed by atoms with E-state index in [4.69, 9.17) is 4.98 Å². The fourth-order valence-electron chi connectivity index (χ4n) is 6.51. The minimum Gasteiger partial charge on any atom is -0.342 e. The van der Waals surface area contributed by atoms with Gasteiger partial charge in [-0.2, -0.15) is 0 Å². The van der Waals surface area contributed by atoms with Gasteiger partial charge in [0.05, 0.1) is 11.0 Å². The van der Waals surface area contributed by atoms with Crippen LogP contribution in [0.25, 0.3) is 22.6 Å². The van der Waals surface area contributed by atoms with Gasteiger partial charge in [0.2, 0.25) is 5.91 Å². The number of piperidine rings is 3. The first kappa shape index (κ1) is 24.5. The van der Waals surface area contributed by atoms with Crippen LogP contribution in [0.15, 0.2) is 42.6 Å². The van der Waals surface area contributed by atoms with E-state index < -0.39 is 0 Å². The van der Waals surface area contributed by atoms with Crippen molar-refractivity contribution in [2.24, 2.45) is 11.8 Å². The number of halogens is 1. The number of nitrogens with one attached hydrogen (secondary N) is 1. The Kier molecular flexibility index (Phi) is 7.20. The molecule has 3 fully saturated rings. The molecule has 1 N–H and O–H groups in total. The molecule has 2 aromatic heterocycles. The van der Waals surface area contributed by atoms with Crippen LogP contribution < -0.4 is 5.32 Å². The van der Waals surface area contributed by atoms with E-state index >= 15 is 0 Å². The fourth-order valence-corrected chi connectivity index (χ4v) is 6.51. The molecule has 3 aliphatic heterocycles. The molecule has 0 bridgehead atoms. The van der Waals surface area contributed by atoms with Crippen LogP contribution in [0.5, 0.6) is 0 Å². The summed E-state index contributed by atoms with van der Waals surface area (Å²) in [5, 5.41) is 3.45. The van der Waals surface area contributed by atoms with E-state index in [1.165, 1.54) is 31.5 Å². The summed E-state index contributed by atoms with van der Waals surface area (Å²) in [7, 11) is 0. The molecule has 3 saturated heterocycles. The number of rotatable bonds is 5. The first-order valence-corrected chi connectivity index (χ1v) is 14.0. The number of amides is 1. The van der Waals surface area contributed by atoms with E-state index in [9.17, 15) is 9.18 Å². The van der Waals surface area contributed by atoms with Crippen molar-refractivity contribution >= 4 is 16.9 Å². The van der Waals surface area contributed by atoms with Crippen molar-refractivity contribution in [2.45, 2.75) is 44.6 Å². The quantitative estimate of drug-likeness (QED) is 0.567. The highest BCUT2D eigenvalue weighted by Gasteiger charge is 2.33. The lowest BCUT2D eigenvalue weighted by atomic mass is 9.91. The second kappa shape index (κ2) is 10.9. The smallest absolute Gasteiger partial charge is 0.225 e. The van der Waals surface area contributed by atoms with Crippen molar-refractivity contribution in [3.05, 3.63) is 48.4 Å². The average Bonchev–Trinajstić information content (AvgIpc) is 3.33. The van der Waals surface area contributed by atoms with Gasteiger partial charge in [-0.1, -0.05) is 6.07 Å². The maximum absolute atomic E-state index is 14.0. The van der Waals surface area contributed by atoms with Gasteiger partial charge in [0, 0.05) is 43.9 Å². The summed E-state index contributed by atoms with van der Waals surface area (Å²) in [5.41, 5.74) is 2.36. The predicted molar refractivity (Wildman–Crippen MR) is 143 cm³/mol. The Morgan fingerprint density at radius 2 is 1.76 bits per heavy atom. The van der Waals surface area contributed by atoms with E-state index in [1.807, 2.05) is 24.3 Å². The van der Waals surface area contributed by atoms with Crippen LogP contribution in [0.1, 0.15) is 44.6 Å². The van der Waals surface area contributed by atoms with Crippen molar-refractivity contribution in [1.82, 2.24) is 29.7 Å². The number of hydrogen-bond acceptors (Lipinski definition) is 5. The number of aromatic nitrogens is 3. The molecule has 0 radical (unpaired) electrons. The monoisotopic (exact) mass is 504 g/mol. The summed E-state index contributed by atoms with van der Waals surface area (Å²) in [6.45, 7) is 7.07. The maximum atomic E-state index is 14.0. The van der Waals surface area contributed by atoms with Gasteiger partial charge >= 0.3 is 0 Å². The number of fused-ring (bicyclic) bond motifs is 1. The standard InChI is InChI=1S/C29H37FN6O/c30-23-4-5-27-26(19-23)33-28(25-3-1-2-12-32-25)36(27)24-10-17-35(18-11-24)29(37)22-8-15-34(16-9-22)20-21-6-13-31-14-7-21/h1-5,12,19,21-22,24,31H,6-11,13-18,20H2. The largest absolute Gasteiger partial charge is 0.342 e. The van der Waals surface area contributed by atoms with E-state index in [0.29, 0.717) is 11.4 Å². The Hall–Kier alpha value is -2.84. The van der Waals surface area contributed by atoms with E-state index in [2.05, 4.69) is 24.7 Å². The fraction of sp³-hybridized carbons (Fsp3) is 0.552. The van der Waals surface area contributed by atoms with Crippen LogP contribution in [0, 0.1) is 17.7 Å². The third kappa shape index (κ3) is 5.27. The van der Waals surface area contributed by atoms with Crippen molar-refractivity contribution in [2.75, 3.05) is 45.8 Å². The summed E-state index contributed by atoms with van der Waals surface area (Å²) in [6.07, 6.45) is 8.00. The SMILES string of the molecule is O=C(C1CCN(CC2CCNCC2)CC1)N1CCC(n2c(-c3ccccn3)nc3cc(F)ccc32)CC1. The number of nitrogens with zero attached hydrogens (tertiary/aromatic N) is 5. The molecule has 0 aliphatic carbocycles. The Morgan fingerprint density at radius 3 is 2.49 bits per heavy atom. The Labute approximate surface area is 218 Å². The van der Waals surface area contributed by atoms with E-state index in [-0.39, 0.29) is 17.8 Å². The topological polar surface area (TPSA) is 66.3 Å². The van der Waals surface area contributed by atoms with Gasteiger partial charge in [0.15, 0.2) is 5.82 Å². The lowest BCUT2D eigenvalue weighted by molar-refractivity contribution is -0.138. The molecule has 0 unspecified atom stereocenters. The van der Waals surface area contributed by atoms with E-state index in [1.54, 1.807) is 6.20 Å². The number of imidazole rings is 1. The minimum atomic E-state index is -0.285. The molecule has 0 spiro atoms. The van der Waals surface area contributed by atoms with Crippen LogP contribution in [-0.2, 0) is 4.79 Å². The summed E-state index contributed by atoms with van der Waals surface area (Å²) in [6, 6.07) is 10.8. The van der Waals surface area contributed by atoms with Crippen molar-refractivity contribution in [3.63, 3.8) is 0 Å². The van der Waals surface area contributed by atoms with Gasteiger partial charge in [-0.25, -0.2) is 9.37 Å². The first-order chi connectivity index (χ1) is 18.2. The van der Waals surface area contributed by atoms with Gasteiger partial charge in [-0.3, -0.25) is 9.78 Å². The zero-order valence-electron chi connectivity index (χ0n) is 21.5. The van der Waals surface area contributed by atoms with Gasteiger partial charge < -0.3 is 19.7 Å². The lowest BCUT2D eigenvalue weighted by Crippen LogP contribution is -2.46. The van der Waals surface area contributed by atoms with Crippen LogP contribution >= 0.6 is 0 Å². The molecule has 6 rings (SSSR count). The molecular weight excluding hydrogens is 467 g/mol. The molecule has 196 valence electrons. The predicted octanol–water partition coefficient (Wildman–Crippen LogP) is 4.11. The Bertz CT molecular complexity index is 1210. The van der Waals surface area contributed by atoms with Crippen LogP contribution in [0.4, 0.5) is 4.39 Å². The Morgan fingerprint density at radius 1 is 0.973 bits per heavy atom. The van der Waals surface area contributed by atoms with Gasteiger partial charge in [0.25, 0.3) is 0 Å². The second-order valence-electron chi connectivity index (χ2n) is 11.0. The van der Waals surface area contributed by atoms with Crippen molar-refractivity contribution in [3.8, 4) is 11.5 Å². The summed E-state index contributed by atoms with van der Waals surface area (Å²) in [5.74, 6) is 1.78. The normalized spacial score (nSPS) is 21.1. The van der Waals surface area contributed by atoms with Crippen molar-refractivity contribution < 1.29 is 9.18 Å². The van der Waals surface area contributed by atoms with Crippen LogP contribution in [0.2, 0.25) is 0 Å².